The van der Waals surface area contributed by atoms with Gasteiger partial charge in [-0.1, -0.05) is 32.6 Å². The quantitative estimate of drug-likeness (QED) is 0.796. The minimum atomic E-state index is 0.599. The first-order valence-electron chi connectivity index (χ1n) is 6.68. The largest absolute Gasteiger partial charge is 0.383 e. The highest BCUT2D eigenvalue weighted by Crippen LogP contribution is 2.17. The zero-order chi connectivity index (χ0) is 13.0. The van der Waals surface area contributed by atoms with Crippen LogP contribution in [0.4, 0.5) is 5.82 Å². The van der Waals surface area contributed by atoms with Crippen LogP contribution in [0.1, 0.15) is 50.3 Å². The van der Waals surface area contributed by atoms with Crippen LogP contribution < -0.4 is 5.73 Å². The molecule has 0 aliphatic heterocycles. The Bertz CT molecular complexity index is 517. The molecule has 18 heavy (non-hydrogen) atoms. The molecule has 5 nitrogen and oxygen atoms in total. The maximum Gasteiger partial charge on any atom is 0.254 e. The smallest absolute Gasteiger partial charge is 0.254 e. The van der Waals surface area contributed by atoms with Gasteiger partial charge in [0.2, 0.25) is 0 Å². The molecule has 0 amide bonds. The van der Waals surface area contributed by atoms with Gasteiger partial charge < -0.3 is 5.73 Å². The molecule has 0 spiro atoms. The van der Waals surface area contributed by atoms with E-state index in [0.717, 1.165) is 24.1 Å². The number of hydrogen-bond acceptors (Lipinski definition) is 4. The fourth-order valence-corrected chi connectivity index (χ4v) is 2.13. The number of anilines is 1. The summed E-state index contributed by atoms with van der Waals surface area (Å²) in [6, 6.07) is 0. The van der Waals surface area contributed by atoms with E-state index in [0.29, 0.717) is 11.6 Å². The van der Waals surface area contributed by atoms with Crippen molar-refractivity contribution in [2.75, 3.05) is 5.73 Å². The molecule has 0 unspecified atom stereocenters. The molecule has 0 saturated carbocycles. The molecular formula is C13H21N5. The Morgan fingerprint density at radius 2 is 2.00 bits per heavy atom. The van der Waals surface area contributed by atoms with Crippen LogP contribution in [0.15, 0.2) is 6.33 Å². The van der Waals surface area contributed by atoms with Crippen LogP contribution in [0.3, 0.4) is 0 Å². The predicted octanol–water partition coefficient (Wildman–Crippen LogP) is 2.53. The number of unbranched alkanes of at least 4 members (excludes halogenated alkanes) is 4. The summed E-state index contributed by atoms with van der Waals surface area (Å²) in [6.07, 6.45) is 8.78. The summed E-state index contributed by atoms with van der Waals surface area (Å²) in [6.45, 7) is 4.23. The van der Waals surface area contributed by atoms with Crippen molar-refractivity contribution in [3.63, 3.8) is 0 Å². The standard InChI is InChI=1S/C13H21N5/c1-3-4-5-6-7-8-11-10(2)12(14)18-13(17-11)15-9-16-18/h9H,3-8,14H2,1-2H3. The highest BCUT2D eigenvalue weighted by Gasteiger charge is 2.10. The number of rotatable bonds is 6. The summed E-state index contributed by atoms with van der Waals surface area (Å²) in [5, 5.41) is 4.06. The lowest BCUT2D eigenvalue weighted by Gasteiger charge is -2.08. The van der Waals surface area contributed by atoms with Crippen LogP contribution in [0, 0.1) is 6.92 Å². The average molecular weight is 247 g/mol. The lowest BCUT2D eigenvalue weighted by atomic mass is 10.1. The lowest BCUT2D eigenvalue weighted by Crippen LogP contribution is -2.07. The second kappa shape index (κ2) is 5.80. The minimum Gasteiger partial charge on any atom is -0.383 e. The molecule has 0 radical (unpaired) electrons. The maximum atomic E-state index is 6.04. The van der Waals surface area contributed by atoms with E-state index < -0.39 is 0 Å². The van der Waals surface area contributed by atoms with Crippen molar-refractivity contribution in [2.24, 2.45) is 0 Å². The van der Waals surface area contributed by atoms with E-state index in [-0.39, 0.29) is 0 Å². The van der Waals surface area contributed by atoms with Crippen LogP contribution in [0.25, 0.3) is 5.78 Å². The maximum absolute atomic E-state index is 6.04. The van der Waals surface area contributed by atoms with E-state index in [9.17, 15) is 0 Å². The minimum absolute atomic E-state index is 0.599. The highest BCUT2D eigenvalue weighted by molar-refractivity contribution is 5.48. The molecule has 98 valence electrons. The van der Waals surface area contributed by atoms with Gasteiger partial charge in [-0.25, -0.2) is 4.98 Å². The van der Waals surface area contributed by atoms with Gasteiger partial charge in [0.05, 0.1) is 5.69 Å². The molecule has 0 aliphatic carbocycles. The first kappa shape index (κ1) is 12.8. The third kappa shape index (κ3) is 2.60. The van der Waals surface area contributed by atoms with Crippen LogP contribution in [0.5, 0.6) is 0 Å². The van der Waals surface area contributed by atoms with Gasteiger partial charge in [0.15, 0.2) is 0 Å². The Balaban J connectivity index is 2.06. The fraction of sp³-hybridized carbons (Fsp3) is 0.615. The molecular weight excluding hydrogens is 226 g/mol. The summed E-state index contributed by atoms with van der Waals surface area (Å²) in [4.78, 5) is 8.62. The second-order valence-corrected chi connectivity index (χ2v) is 4.70. The van der Waals surface area contributed by atoms with Crippen LogP contribution in [-0.2, 0) is 6.42 Å². The van der Waals surface area contributed by atoms with Gasteiger partial charge >= 0.3 is 0 Å². The number of hydrogen-bond donors (Lipinski definition) is 1. The lowest BCUT2D eigenvalue weighted by molar-refractivity contribution is 0.627. The number of nitrogens with zero attached hydrogens (tertiary/aromatic N) is 4. The molecule has 0 saturated heterocycles. The van der Waals surface area contributed by atoms with Crippen LogP contribution in [-0.4, -0.2) is 19.6 Å². The zero-order valence-electron chi connectivity index (χ0n) is 11.2. The molecule has 0 aromatic carbocycles. The van der Waals surface area contributed by atoms with E-state index in [1.165, 1.54) is 32.0 Å². The summed E-state index contributed by atoms with van der Waals surface area (Å²) in [5.41, 5.74) is 8.13. The molecule has 2 aromatic rings. The van der Waals surface area contributed by atoms with E-state index in [1.54, 1.807) is 4.52 Å². The molecule has 2 rings (SSSR count). The van der Waals surface area contributed by atoms with E-state index in [2.05, 4.69) is 22.0 Å². The van der Waals surface area contributed by atoms with Crippen molar-refractivity contribution in [1.82, 2.24) is 19.6 Å². The molecule has 5 heteroatoms. The molecule has 2 aromatic heterocycles. The Morgan fingerprint density at radius 3 is 2.78 bits per heavy atom. The SMILES string of the molecule is CCCCCCCc1nc2ncnn2c(N)c1C. The topological polar surface area (TPSA) is 69.1 Å². The molecule has 0 bridgehead atoms. The van der Waals surface area contributed by atoms with E-state index >= 15 is 0 Å². The van der Waals surface area contributed by atoms with Crippen molar-refractivity contribution in [1.29, 1.82) is 0 Å². The molecule has 0 fully saturated rings. The van der Waals surface area contributed by atoms with Gasteiger partial charge in [-0.3, -0.25) is 0 Å². The first-order valence-corrected chi connectivity index (χ1v) is 6.68. The summed E-state index contributed by atoms with van der Waals surface area (Å²) >= 11 is 0. The summed E-state index contributed by atoms with van der Waals surface area (Å²) in [5.74, 6) is 1.25. The number of aromatic nitrogens is 4. The van der Waals surface area contributed by atoms with Gasteiger partial charge in [-0.05, 0) is 19.8 Å². The first-order chi connectivity index (χ1) is 8.74. The summed E-state index contributed by atoms with van der Waals surface area (Å²) in [7, 11) is 0. The Hall–Kier alpha value is -1.65. The second-order valence-electron chi connectivity index (χ2n) is 4.70. The molecule has 0 aliphatic rings. The van der Waals surface area contributed by atoms with Gasteiger partial charge in [-0.15, -0.1) is 0 Å². The molecule has 2 heterocycles. The Labute approximate surface area is 107 Å². The zero-order valence-corrected chi connectivity index (χ0v) is 11.2. The Morgan fingerprint density at radius 1 is 1.22 bits per heavy atom. The highest BCUT2D eigenvalue weighted by atomic mass is 15.3. The number of aryl methyl sites for hydroxylation is 1. The third-order valence-electron chi connectivity index (χ3n) is 3.33. The van der Waals surface area contributed by atoms with Crippen LogP contribution >= 0.6 is 0 Å². The normalized spacial score (nSPS) is 11.2. The molecule has 2 N–H and O–H groups in total. The van der Waals surface area contributed by atoms with Crippen molar-refractivity contribution >= 4 is 11.6 Å². The van der Waals surface area contributed by atoms with Crippen molar-refractivity contribution in [3.05, 3.63) is 17.6 Å². The average Bonchev–Trinajstić information content (AvgIpc) is 2.83. The monoisotopic (exact) mass is 247 g/mol. The Kier molecular flexibility index (Phi) is 4.12. The van der Waals surface area contributed by atoms with Gasteiger partial charge in [0.1, 0.15) is 12.1 Å². The van der Waals surface area contributed by atoms with Gasteiger partial charge in [-0.2, -0.15) is 14.6 Å². The van der Waals surface area contributed by atoms with E-state index in [4.69, 9.17) is 5.73 Å². The number of fused-ring (bicyclic) bond motifs is 1. The van der Waals surface area contributed by atoms with E-state index in [1.807, 2.05) is 6.92 Å². The van der Waals surface area contributed by atoms with Gasteiger partial charge in [0, 0.05) is 5.56 Å². The van der Waals surface area contributed by atoms with Crippen molar-refractivity contribution in [3.8, 4) is 0 Å². The number of nitrogens with two attached hydrogens (primary N) is 1. The molecule has 0 atom stereocenters. The van der Waals surface area contributed by atoms with Gasteiger partial charge in [0.25, 0.3) is 5.78 Å². The predicted molar refractivity (Wildman–Crippen MR) is 72.4 cm³/mol. The third-order valence-corrected chi connectivity index (χ3v) is 3.33. The summed E-state index contributed by atoms with van der Waals surface area (Å²) < 4.78 is 1.59. The fourth-order valence-electron chi connectivity index (χ4n) is 2.13. The van der Waals surface area contributed by atoms with Crippen molar-refractivity contribution in [2.45, 2.75) is 52.4 Å². The van der Waals surface area contributed by atoms with Crippen molar-refractivity contribution < 1.29 is 0 Å². The van der Waals surface area contributed by atoms with Crippen LogP contribution in [0.2, 0.25) is 0 Å². The number of nitrogen functional groups attached to an aromatic ring is 1.